The molecule has 0 aliphatic heterocycles. The van der Waals surface area contributed by atoms with Gasteiger partial charge in [0.25, 0.3) is 0 Å². The predicted molar refractivity (Wildman–Crippen MR) is 56.0 cm³/mol. The molecule has 0 spiro atoms. The van der Waals surface area contributed by atoms with Gasteiger partial charge in [0.15, 0.2) is 9.84 Å². The maximum absolute atomic E-state index is 11.4. The van der Waals surface area contributed by atoms with E-state index in [1.165, 1.54) is 6.26 Å². The number of rotatable bonds is 4. The van der Waals surface area contributed by atoms with Crippen LogP contribution in [-0.2, 0) is 9.84 Å². The molecular formula is C9H19NO3S. The summed E-state index contributed by atoms with van der Waals surface area (Å²) >= 11 is 0. The third kappa shape index (κ3) is 2.93. The Morgan fingerprint density at radius 1 is 1.50 bits per heavy atom. The van der Waals surface area contributed by atoms with Crippen LogP contribution in [-0.4, -0.2) is 43.7 Å². The number of aliphatic hydroxyl groups excluding tert-OH is 1. The van der Waals surface area contributed by atoms with Gasteiger partial charge in [-0.25, -0.2) is 8.42 Å². The van der Waals surface area contributed by atoms with Gasteiger partial charge >= 0.3 is 0 Å². The van der Waals surface area contributed by atoms with Crippen LogP contribution in [0.3, 0.4) is 0 Å². The summed E-state index contributed by atoms with van der Waals surface area (Å²) < 4.78 is 22.8. The van der Waals surface area contributed by atoms with Gasteiger partial charge in [0, 0.05) is 18.3 Å². The van der Waals surface area contributed by atoms with Crippen molar-refractivity contribution in [1.29, 1.82) is 0 Å². The van der Waals surface area contributed by atoms with Gasteiger partial charge in [-0.1, -0.05) is 6.42 Å². The van der Waals surface area contributed by atoms with E-state index in [0.717, 1.165) is 19.3 Å². The summed E-state index contributed by atoms with van der Waals surface area (Å²) in [5.41, 5.74) is 0. The van der Waals surface area contributed by atoms with Gasteiger partial charge in [-0.15, -0.1) is 0 Å². The van der Waals surface area contributed by atoms with E-state index in [9.17, 15) is 8.42 Å². The molecule has 5 heteroatoms. The van der Waals surface area contributed by atoms with Crippen molar-refractivity contribution in [3.8, 4) is 0 Å². The average Bonchev–Trinajstić information content (AvgIpc) is 2.51. The minimum absolute atomic E-state index is 0.0205. The van der Waals surface area contributed by atoms with Crippen LogP contribution in [0.2, 0.25) is 0 Å². The van der Waals surface area contributed by atoms with Crippen molar-refractivity contribution in [2.24, 2.45) is 0 Å². The second kappa shape index (κ2) is 4.59. The van der Waals surface area contributed by atoms with Crippen LogP contribution in [0.5, 0.6) is 0 Å². The molecule has 1 fully saturated rings. The number of aliphatic hydroxyl groups is 1. The molecule has 0 aromatic carbocycles. The molecule has 0 bridgehead atoms. The Kier molecular flexibility index (Phi) is 3.92. The zero-order valence-corrected chi connectivity index (χ0v) is 9.55. The van der Waals surface area contributed by atoms with Gasteiger partial charge < -0.3 is 10.4 Å². The van der Waals surface area contributed by atoms with Crippen LogP contribution in [0.15, 0.2) is 0 Å². The largest absolute Gasteiger partial charge is 0.395 e. The number of nitrogens with one attached hydrogen (secondary N) is 1. The summed E-state index contributed by atoms with van der Waals surface area (Å²) in [4.78, 5) is 0. The standard InChI is InChI=1S/C9H19NO3S/c1-7(6-11)10-8-4-3-5-9(8)14(2,12)13/h7-11H,3-6H2,1-2H3/t7-,8-,9+/m1/s1. The van der Waals surface area contributed by atoms with Crippen LogP contribution in [0.1, 0.15) is 26.2 Å². The van der Waals surface area contributed by atoms with Crippen LogP contribution in [0, 0.1) is 0 Å². The van der Waals surface area contributed by atoms with Crippen molar-refractivity contribution in [2.45, 2.75) is 43.5 Å². The Labute approximate surface area is 85.6 Å². The van der Waals surface area contributed by atoms with E-state index >= 15 is 0 Å². The van der Waals surface area contributed by atoms with E-state index in [2.05, 4.69) is 5.32 Å². The van der Waals surface area contributed by atoms with E-state index in [-0.39, 0.29) is 23.9 Å². The van der Waals surface area contributed by atoms with Crippen molar-refractivity contribution in [3.63, 3.8) is 0 Å². The minimum Gasteiger partial charge on any atom is -0.395 e. The van der Waals surface area contributed by atoms with Crippen LogP contribution >= 0.6 is 0 Å². The first-order valence-electron chi connectivity index (χ1n) is 5.01. The molecule has 0 unspecified atom stereocenters. The summed E-state index contributed by atoms with van der Waals surface area (Å²) in [5, 5.41) is 11.8. The van der Waals surface area contributed by atoms with Crippen molar-refractivity contribution in [3.05, 3.63) is 0 Å². The molecule has 14 heavy (non-hydrogen) atoms. The lowest BCUT2D eigenvalue weighted by molar-refractivity contribution is 0.241. The molecule has 0 amide bonds. The average molecular weight is 221 g/mol. The SMILES string of the molecule is C[C@H](CO)N[C@@H]1CCC[C@@H]1S(C)(=O)=O. The van der Waals surface area contributed by atoms with Gasteiger partial charge in [-0.3, -0.25) is 0 Å². The zero-order chi connectivity index (χ0) is 10.8. The third-order valence-corrected chi connectivity index (χ3v) is 4.44. The quantitative estimate of drug-likeness (QED) is 0.697. The second-order valence-corrected chi connectivity index (χ2v) is 6.42. The Balaban J connectivity index is 2.60. The maximum atomic E-state index is 11.4. The lowest BCUT2D eigenvalue weighted by Crippen LogP contribution is -2.45. The van der Waals surface area contributed by atoms with E-state index in [1.54, 1.807) is 0 Å². The second-order valence-electron chi connectivity index (χ2n) is 4.16. The van der Waals surface area contributed by atoms with E-state index in [0.29, 0.717) is 0 Å². The molecule has 0 heterocycles. The smallest absolute Gasteiger partial charge is 0.151 e. The van der Waals surface area contributed by atoms with Crippen molar-refractivity contribution >= 4 is 9.84 Å². The number of sulfone groups is 1. The van der Waals surface area contributed by atoms with Gasteiger partial charge in [-0.2, -0.15) is 0 Å². The third-order valence-electron chi connectivity index (χ3n) is 2.77. The molecule has 0 radical (unpaired) electrons. The lowest BCUT2D eigenvalue weighted by atomic mass is 10.2. The fourth-order valence-electron chi connectivity index (χ4n) is 2.05. The lowest BCUT2D eigenvalue weighted by Gasteiger charge is -2.22. The molecule has 0 saturated heterocycles. The van der Waals surface area contributed by atoms with Gasteiger partial charge in [0.2, 0.25) is 0 Å². The van der Waals surface area contributed by atoms with Gasteiger partial charge in [-0.05, 0) is 19.8 Å². The summed E-state index contributed by atoms with van der Waals surface area (Å²) in [6, 6.07) is -0.00509. The molecule has 1 aliphatic carbocycles. The molecule has 1 rings (SSSR count). The molecular weight excluding hydrogens is 202 g/mol. The molecule has 3 atom stereocenters. The molecule has 1 aliphatic rings. The van der Waals surface area contributed by atoms with E-state index in [4.69, 9.17) is 5.11 Å². The minimum atomic E-state index is -2.95. The van der Waals surface area contributed by atoms with Crippen LogP contribution < -0.4 is 5.32 Å². The molecule has 4 nitrogen and oxygen atoms in total. The topological polar surface area (TPSA) is 66.4 Å². The molecule has 0 aromatic rings. The highest BCUT2D eigenvalue weighted by Gasteiger charge is 2.34. The summed E-state index contributed by atoms with van der Waals surface area (Å²) in [7, 11) is -2.95. The zero-order valence-electron chi connectivity index (χ0n) is 8.73. The molecule has 84 valence electrons. The molecule has 0 aromatic heterocycles. The van der Waals surface area contributed by atoms with E-state index in [1.807, 2.05) is 6.92 Å². The Bertz CT molecular complexity index is 276. The summed E-state index contributed by atoms with van der Waals surface area (Å²) in [5.74, 6) is 0. The first-order valence-corrected chi connectivity index (χ1v) is 6.96. The molecule has 2 N–H and O–H groups in total. The summed E-state index contributed by atoms with van der Waals surface area (Å²) in [6.07, 6.45) is 3.88. The highest BCUT2D eigenvalue weighted by Crippen LogP contribution is 2.25. The summed E-state index contributed by atoms with van der Waals surface area (Å²) in [6.45, 7) is 1.91. The predicted octanol–water partition coefficient (Wildman–Crippen LogP) is -0.0775. The van der Waals surface area contributed by atoms with Crippen molar-refractivity contribution in [2.75, 3.05) is 12.9 Å². The van der Waals surface area contributed by atoms with Crippen molar-refractivity contribution in [1.82, 2.24) is 5.32 Å². The van der Waals surface area contributed by atoms with Crippen LogP contribution in [0.25, 0.3) is 0 Å². The first kappa shape index (κ1) is 11.9. The fraction of sp³-hybridized carbons (Fsp3) is 1.00. The highest BCUT2D eigenvalue weighted by molar-refractivity contribution is 7.91. The number of hydrogen-bond acceptors (Lipinski definition) is 4. The van der Waals surface area contributed by atoms with Crippen molar-refractivity contribution < 1.29 is 13.5 Å². The van der Waals surface area contributed by atoms with Gasteiger partial charge in [0.05, 0.1) is 11.9 Å². The molecule has 1 saturated carbocycles. The monoisotopic (exact) mass is 221 g/mol. The maximum Gasteiger partial charge on any atom is 0.151 e. The Morgan fingerprint density at radius 3 is 2.64 bits per heavy atom. The first-order chi connectivity index (χ1) is 6.45. The van der Waals surface area contributed by atoms with E-state index < -0.39 is 9.84 Å². The number of hydrogen-bond donors (Lipinski definition) is 2. The Hall–Kier alpha value is -0.130. The van der Waals surface area contributed by atoms with Crippen LogP contribution in [0.4, 0.5) is 0 Å². The van der Waals surface area contributed by atoms with Gasteiger partial charge in [0.1, 0.15) is 0 Å². The fourth-order valence-corrected chi connectivity index (χ4v) is 3.45. The Morgan fingerprint density at radius 2 is 2.14 bits per heavy atom. The normalized spacial score (nSPS) is 30.5. The highest BCUT2D eigenvalue weighted by atomic mass is 32.2.